The average molecular weight is 282 g/mol. The normalized spacial score (nSPS) is 32.1. The molecule has 114 valence electrons. The van der Waals surface area contributed by atoms with Crippen LogP contribution in [-0.2, 0) is 9.59 Å². The fourth-order valence-electron chi connectivity index (χ4n) is 3.65. The minimum atomic E-state index is -0.805. The van der Waals surface area contributed by atoms with E-state index in [1.165, 1.54) is 0 Å². The molecule has 2 rings (SSSR count). The Hall–Kier alpha value is -1.10. The second kappa shape index (κ2) is 6.57. The Labute approximate surface area is 120 Å². The molecule has 1 aliphatic heterocycles. The summed E-state index contributed by atoms with van der Waals surface area (Å²) in [5, 5.41) is 9.27. The van der Waals surface area contributed by atoms with Crippen molar-refractivity contribution in [1.82, 2.24) is 9.80 Å². The Morgan fingerprint density at radius 2 is 1.85 bits per heavy atom. The van der Waals surface area contributed by atoms with Gasteiger partial charge in [0.1, 0.15) is 0 Å². The Bertz CT molecular complexity index is 372. The van der Waals surface area contributed by atoms with Gasteiger partial charge in [-0.2, -0.15) is 0 Å². The molecule has 1 amide bonds. The first-order valence-electron chi connectivity index (χ1n) is 7.76. The molecule has 5 nitrogen and oxygen atoms in total. The van der Waals surface area contributed by atoms with Crippen molar-refractivity contribution in [3.63, 3.8) is 0 Å². The predicted octanol–water partition coefficient (Wildman–Crippen LogP) is 1.43. The third-order valence-corrected chi connectivity index (χ3v) is 4.81. The summed E-state index contributed by atoms with van der Waals surface area (Å²) < 4.78 is 0. The average Bonchev–Trinajstić information content (AvgIpc) is 2.82. The van der Waals surface area contributed by atoms with Crippen molar-refractivity contribution >= 4 is 11.9 Å². The summed E-state index contributed by atoms with van der Waals surface area (Å²) in [7, 11) is 2.09. The van der Waals surface area contributed by atoms with Crippen LogP contribution in [0, 0.1) is 11.8 Å². The van der Waals surface area contributed by atoms with Crippen LogP contribution in [0.2, 0.25) is 0 Å². The summed E-state index contributed by atoms with van der Waals surface area (Å²) in [4.78, 5) is 28.3. The Morgan fingerprint density at radius 1 is 1.15 bits per heavy atom. The molecule has 0 aromatic rings. The maximum atomic E-state index is 12.8. The lowest BCUT2D eigenvalue weighted by molar-refractivity contribution is -0.150. The summed E-state index contributed by atoms with van der Waals surface area (Å²) >= 11 is 0. The van der Waals surface area contributed by atoms with Gasteiger partial charge in [-0.1, -0.05) is 13.3 Å². The fourth-order valence-corrected chi connectivity index (χ4v) is 3.65. The Morgan fingerprint density at radius 3 is 2.50 bits per heavy atom. The summed E-state index contributed by atoms with van der Waals surface area (Å²) in [6.45, 7) is 4.78. The van der Waals surface area contributed by atoms with Gasteiger partial charge in [-0.15, -0.1) is 0 Å². The van der Waals surface area contributed by atoms with Crippen LogP contribution in [0.5, 0.6) is 0 Å². The molecule has 20 heavy (non-hydrogen) atoms. The van der Waals surface area contributed by atoms with Crippen LogP contribution in [0.1, 0.15) is 39.0 Å². The van der Waals surface area contributed by atoms with Crippen molar-refractivity contribution < 1.29 is 14.7 Å². The molecule has 1 aliphatic carbocycles. The van der Waals surface area contributed by atoms with Crippen LogP contribution >= 0.6 is 0 Å². The number of rotatable bonds is 3. The lowest BCUT2D eigenvalue weighted by Gasteiger charge is -2.33. The molecule has 1 heterocycles. The van der Waals surface area contributed by atoms with Crippen LogP contribution in [0.25, 0.3) is 0 Å². The molecule has 2 fully saturated rings. The van der Waals surface area contributed by atoms with E-state index in [1.807, 2.05) is 4.90 Å². The molecule has 0 aromatic carbocycles. The number of amides is 1. The van der Waals surface area contributed by atoms with E-state index in [0.29, 0.717) is 6.42 Å². The number of nitrogens with zero attached hydrogens (tertiary/aromatic N) is 2. The van der Waals surface area contributed by atoms with Crippen molar-refractivity contribution in [3.05, 3.63) is 0 Å². The maximum Gasteiger partial charge on any atom is 0.307 e. The van der Waals surface area contributed by atoms with Gasteiger partial charge in [0, 0.05) is 19.1 Å². The van der Waals surface area contributed by atoms with E-state index in [-0.39, 0.29) is 17.9 Å². The lowest BCUT2D eigenvalue weighted by Crippen LogP contribution is -2.47. The number of aliphatic carboxylic acids is 1. The van der Waals surface area contributed by atoms with Gasteiger partial charge in [0.25, 0.3) is 0 Å². The molecule has 0 spiro atoms. The number of hydrogen-bond donors (Lipinski definition) is 1. The topological polar surface area (TPSA) is 60.9 Å². The number of likely N-dealkylation sites (N-methyl/N-ethyl adjacent to an activating group) is 1. The van der Waals surface area contributed by atoms with Gasteiger partial charge >= 0.3 is 5.97 Å². The Balaban J connectivity index is 2.11. The quantitative estimate of drug-likeness (QED) is 0.850. The molecular formula is C15H26N2O3. The van der Waals surface area contributed by atoms with Crippen LogP contribution in [0.4, 0.5) is 0 Å². The van der Waals surface area contributed by atoms with Crippen molar-refractivity contribution in [3.8, 4) is 0 Å². The summed E-state index contributed by atoms with van der Waals surface area (Å²) in [6.07, 6.45) is 4.15. The molecule has 0 aromatic heterocycles. The fraction of sp³-hybridized carbons (Fsp3) is 0.867. The molecule has 5 heteroatoms. The van der Waals surface area contributed by atoms with Crippen molar-refractivity contribution in [2.24, 2.45) is 11.8 Å². The molecule has 1 saturated heterocycles. The van der Waals surface area contributed by atoms with Crippen molar-refractivity contribution in [2.45, 2.75) is 45.1 Å². The second-order valence-electron chi connectivity index (χ2n) is 6.19. The highest BCUT2D eigenvalue weighted by Crippen LogP contribution is 2.34. The first-order chi connectivity index (χ1) is 9.54. The number of carbonyl (C=O) groups is 2. The molecule has 0 bridgehead atoms. The number of carboxylic acid groups (broad SMARTS) is 1. The van der Waals surface area contributed by atoms with Crippen molar-refractivity contribution in [2.75, 3.05) is 26.7 Å². The summed E-state index contributed by atoms with van der Waals surface area (Å²) in [5.41, 5.74) is 0. The SMILES string of the molecule is CCC1CN(C)CCCN1C(=O)[C@@H]1CCC[C@@H]1C(=O)O. The molecule has 1 N–H and O–H groups in total. The van der Waals surface area contributed by atoms with Crippen LogP contribution in [-0.4, -0.2) is 59.5 Å². The number of carboxylic acids is 1. The third kappa shape index (κ3) is 3.14. The molecule has 1 unspecified atom stereocenters. The van der Waals surface area contributed by atoms with Gasteiger partial charge in [0.2, 0.25) is 5.91 Å². The van der Waals surface area contributed by atoms with E-state index in [9.17, 15) is 14.7 Å². The van der Waals surface area contributed by atoms with Crippen LogP contribution in [0.3, 0.4) is 0 Å². The Kier molecular flexibility index (Phi) is 5.02. The highest BCUT2D eigenvalue weighted by atomic mass is 16.4. The predicted molar refractivity (Wildman–Crippen MR) is 76.4 cm³/mol. The van der Waals surface area contributed by atoms with Gasteiger partial charge in [0.15, 0.2) is 0 Å². The van der Waals surface area contributed by atoms with Gasteiger partial charge in [-0.05, 0) is 39.3 Å². The second-order valence-corrected chi connectivity index (χ2v) is 6.19. The van der Waals surface area contributed by atoms with Crippen LogP contribution in [0.15, 0.2) is 0 Å². The van der Waals surface area contributed by atoms with Gasteiger partial charge in [-0.3, -0.25) is 9.59 Å². The van der Waals surface area contributed by atoms with E-state index >= 15 is 0 Å². The minimum Gasteiger partial charge on any atom is -0.481 e. The van der Waals surface area contributed by atoms with Crippen LogP contribution < -0.4 is 0 Å². The zero-order valence-electron chi connectivity index (χ0n) is 12.5. The highest BCUT2D eigenvalue weighted by Gasteiger charge is 2.41. The smallest absolute Gasteiger partial charge is 0.307 e. The van der Waals surface area contributed by atoms with Crippen molar-refractivity contribution in [1.29, 1.82) is 0 Å². The largest absolute Gasteiger partial charge is 0.481 e. The number of carbonyl (C=O) groups excluding carboxylic acids is 1. The maximum absolute atomic E-state index is 12.8. The van der Waals surface area contributed by atoms with E-state index in [4.69, 9.17) is 0 Å². The highest BCUT2D eigenvalue weighted by molar-refractivity contribution is 5.85. The molecule has 1 saturated carbocycles. The van der Waals surface area contributed by atoms with Gasteiger partial charge in [-0.25, -0.2) is 0 Å². The zero-order chi connectivity index (χ0) is 14.7. The third-order valence-electron chi connectivity index (χ3n) is 4.81. The lowest BCUT2D eigenvalue weighted by atomic mass is 9.94. The molecule has 3 atom stereocenters. The zero-order valence-corrected chi connectivity index (χ0v) is 12.5. The first kappa shape index (κ1) is 15.3. The van der Waals surface area contributed by atoms with E-state index < -0.39 is 11.9 Å². The van der Waals surface area contributed by atoms with Gasteiger partial charge < -0.3 is 14.9 Å². The van der Waals surface area contributed by atoms with E-state index in [2.05, 4.69) is 18.9 Å². The molecule has 0 radical (unpaired) electrons. The molecular weight excluding hydrogens is 256 g/mol. The summed E-state index contributed by atoms with van der Waals surface area (Å²) in [5.74, 6) is -1.50. The van der Waals surface area contributed by atoms with Gasteiger partial charge in [0.05, 0.1) is 11.8 Å². The minimum absolute atomic E-state index is 0.0806. The van der Waals surface area contributed by atoms with E-state index in [0.717, 1.165) is 45.3 Å². The van der Waals surface area contributed by atoms with E-state index in [1.54, 1.807) is 0 Å². The summed E-state index contributed by atoms with van der Waals surface area (Å²) in [6, 6.07) is 0.227. The molecule has 2 aliphatic rings. The monoisotopic (exact) mass is 282 g/mol. The number of hydrogen-bond acceptors (Lipinski definition) is 3. The standard InChI is InChI=1S/C15H26N2O3/c1-3-11-10-16(2)8-5-9-17(11)14(18)12-6-4-7-13(12)15(19)20/h11-13H,3-10H2,1-2H3,(H,19,20)/t11?,12-,13+/m1/s1. The first-order valence-corrected chi connectivity index (χ1v) is 7.76.